The Kier molecular flexibility index (Phi) is 7.52. The topological polar surface area (TPSA) is 73.4 Å². The molecule has 2 aromatic carbocycles. The highest BCUT2D eigenvalue weighted by molar-refractivity contribution is 6.35. The molecular formula is C28H33ClN4O3. The zero-order valence-electron chi connectivity index (χ0n) is 21.7. The van der Waals surface area contributed by atoms with E-state index in [9.17, 15) is 4.79 Å². The number of carbonyl (C=O) groups excluding carboxylic acids is 1. The van der Waals surface area contributed by atoms with Gasteiger partial charge in [0.25, 0.3) is 5.89 Å². The van der Waals surface area contributed by atoms with Crippen molar-refractivity contribution in [2.24, 2.45) is 0 Å². The lowest BCUT2D eigenvalue weighted by molar-refractivity contribution is -0.155. The summed E-state index contributed by atoms with van der Waals surface area (Å²) >= 11 is 6.49. The van der Waals surface area contributed by atoms with Crippen LogP contribution in [-0.2, 0) is 16.1 Å². The van der Waals surface area contributed by atoms with E-state index >= 15 is 0 Å². The van der Waals surface area contributed by atoms with Gasteiger partial charge in [-0.25, -0.2) is 0 Å². The smallest absolute Gasteiger partial charge is 0.307 e. The molecule has 0 amide bonds. The predicted molar refractivity (Wildman–Crippen MR) is 143 cm³/mol. The highest BCUT2D eigenvalue weighted by Crippen LogP contribution is 2.32. The molecule has 0 unspecified atom stereocenters. The van der Waals surface area contributed by atoms with Gasteiger partial charge in [0.15, 0.2) is 0 Å². The second kappa shape index (κ2) is 10.4. The van der Waals surface area contributed by atoms with E-state index in [-0.39, 0.29) is 5.97 Å². The number of carbonyl (C=O) groups is 1. The van der Waals surface area contributed by atoms with Crippen LogP contribution in [0.5, 0.6) is 0 Å². The molecule has 0 radical (unpaired) electrons. The maximum atomic E-state index is 12.0. The number of fused-ring (bicyclic) bond motifs is 1. The van der Waals surface area contributed by atoms with Crippen molar-refractivity contribution in [3.8, 4) is 22.8 Å². The Balaban J connectivity index is 1.46. The van der Waals surface area contributed by atoms with Gasteiger partial charge in [-0.05, 0) is 71.5 Å². The minimum Gasteiger partial charge on any atom is -0.460 e. The van der Waals surface area contributed by atoms with Crippen molar-refractivity contribution >= 4 is 28.5 Å². The third kappa shape index (κ3) is 6.15. The van der Waals surface area contributed by atoms with E-state index in [1.807, 2.05) is 76.5 Å². The molecule has 2 heterocycles. The Morgan fingerprint density at radius 3 is 2.67 bits per heavy atom. The molecule has 0 aliphatic rings. The molecule has 4 aromatic rings. The molecule has 0 N–H and O–H groups in total. The fraction of sp³-hybridized carbons (Fsp3) is 0.393. The summed E-state index contributed by atoms with van der Waals surface area (Å²) in [6.07, 6.45) is 2.30. The van der Waals surface area contributed by atoms with Crippen LogP contribution >= 0.6 is 11.6 Å². The van der Waals surface area contributed by atoms with E-state index in [0.29, 0.717) is 42.3 Å². The van der Waals surface area contributed by atoms with Crippen molar-refractivity contribution in [1.29, 1.82) is 0 Å². The van der Waals surface area contributed by atoms with Gasteiger partial charge in [0.05, 0.1) is 11.4 Å². The van der Waals surface area contributed by atoms with E-state index in [2.05, 4.69) is 33.5 Å². The molecule has 36 heavy (non-hydrogen) atoms. The summed E-state index contributed by atoms with van der Waals surface area (Å²) in [5.74, 6) is 0.775. The molecule has 0 spiro atoms. The predicted octanol–water partition coefficient (Wildman–Crippen LogP) is 6.76. The Morgan fingerprint density at radius 2 is 1.94 bits per heavy atom. The van der Waals surface area contributed by atoms with Crippen LogP contribution in [0.15, 0.2) is 53.2 Å². The molecule has 0 aliphatic carbocycles. The van der Waals surface area contributed by atoms with Gasteiger partial charge < -0.3 is 18.7 Å². The number of ether oxygens (including phenoxy) is 1. The molecule has 0 bridgehead atoms. The third-order valence-corrected chi connectivity index (χ3v) is 6.07. The molecule has 7 nitrogen and oxygen atoms in total. The first-order valence-electron chi connectivity index (χ1n) is 12.1. The number of halogens is 1. The molecule has 0 atom stereocenters. The number of hydrogen-bond donors (Lipinski definition) is 0. The van der Waals surface area contributed by atoms with Crippen LogP contribution < -0.4 is 0 Å². The molecular weight excluding hydrogens is 476 g/mol. The highest BCUT2D eigenvalue weighted by Gasteiger charge is 2.17. The van der Waals surface area contributed by atoms with Crippen LogP contribution in [0.1, 0.15) is 52.6 Å². The molecule has 2 aromatic heterocycles. The SMILES string of the molecule is CC(C)n1cc(Cl)c2cc(-c3nc(-c4cccc(CN(C)CCC(=O)OC(C)(C)C)c4)no3)ccc21. The Hall–Kier alpha value is -3.16. The number of hydrogen-bond acceptors (Lipinski definition) is 6. The monoisotopic (exact) mass is 508 g/mol. The van der Waals surface area contributed by atoms with Crippen molar-refractivity contribution < 1.29 is 14.1 Å². The third-order valence-electron chi connectivity index (χ3n) is 5.77. The molecule has 190 valence electrons. The summed E-state index contributed by atoms with van der Waals surface area (Å²) in [4.78, 5) is 18.7. The Morgan fingerprint density at radius 1 is 1.17 bits per heavy atom. The molecule has 0 saturated carbocycles. The first-order chi connectivity index (χ1) is 17.0. The Bertz CT molecular complexity index is 1370. The van der Waals surface area contributed by atoms with Crippen LogP contribution in [0, 0.1) is 0 Å². The van der Waals surface area contributed by atoms with Gasteiger partial charge in [-0.2, -0.15) is 4.98 Å². The number of nitrogens with zero attached hydrogens (tertiary/aromatic N) is 4. The molecule has 8 heteroatoms. The summed E-state index contributed by atoms with van der Waals surface area (Å²) in [7, 11) is 1.98. The van der Waals surface area contributed by atoms with E-state index in [1.54, 1.807) is 0 Å². The average Bonchev–Trinajstić information content (AvgIpc) is 3.42. The van der Waals surface area contributed by atoms with Gasteiger partial charge in [-0.1, -0.05) is 35.0 Å². The van der Waals surface area contributed by atoms with Crippen molar-refractivity contribution in [2.75, 3.05) is 13.6 Å². The van der Waals surface area contributed by atoms with Gasteiger partial charge in [-0.15, -0.1) is 0 Å². The van der Waals surface area contributed by atoms with E-state index in [0.717, 1.165) is 27.6 Å². The minimum atomic E-state index is -0.468. The van der Waals surface area contributed by atoms with Crippen molar-refractivity contribution in [1.82, 2.24) is 19.6 Å². The van der Waals surface area contributed by atoms with Crippen LogP contribution in [-0.4, -0.2) is 44.8 Å². The average molecular weight is 509 g/mol. The van der Waals surface area contributed by atoms with Gasteiger partial charge in [0.2, 0.25) is 5.82 Å². The van der Waals surface area contributed by atoms with E-state index < -0.39 is 5.60 Å². The highest BCUT2D eigenvalue weighted by atomic mass is 35.5. The van der Waals surface area contributed by atoms with E-state index in [4.69, 9.17) is 20.9 Å². The second-order valence-corrected chi connectivity index (χ2v) is 10.8. The summed E-state index contributed by atoms with van der Waals surface area (Å²) < 4.78 is 13.1. The van der Waals surface area contributed by atoms with Crippen molar-refractivity contribution in [3.63, 3.8) is 0 Å². The van der Waals surface area contributed by atoms with Gasteiger partial charge in [-0.3, -0.25) is 4.79 Å². The zero-order chi connectivity index (χ0) is 26.0. The molecule has 0 fully saturated rings. The van der Waals surface area contributed by atoms with Crippen molar-refractivity contribution in [2.45, 2.75) is 59.2 Å². The fourth-order valence-corrected chi connectivity index (χ4v) is 4.36. The summed E-state index contributed by atoms with van der Waals surface area (Å²) in [6, 6.07) is 14.3. The molecule has 0 saturated heterocycles. The Labute approximate surface area is 217 Å². The minimum absolute atomic E-state index is 0.192. The zero-order valence-corrected chi connectivity index (χ0v) is 22.5. The number of benzene rings is 2. The lowest BCUT2D eigenvalue weighted by atomic mass is 10.1. The van der Waals surface area contributed by atoms with Crippen LogP contribution in [0.4, 0.5) is 0 Å². The van der Waals surface area contributed by atoms with E-state index in [1.165, 1.54) is 0 Å². The standard InChI is InChI=1S/C28H33ClN4O3/c1-18(2)33-17-23(29)22-15-21(10-11-24(22)33)27-30-26(31-36-27)20-9-7-8-19(14-20)16-32(6)13-12-25(34)35-28(3,4)5/h7-11,14-15,17-18H,12-13,16H2,1-6H3. The fourth-order valence-electron chi connectivity index (χ4n) is 4.11. The number of esters is 1. The van der Waals surface area contributed by atoms with Gasteiger partial charge >= 0.3 is 5.97 Å². The van der Waals surface area contributed by atoms with Crippen molar-refractivity contribution in [3.05, 3.63) is 59.2 Å². The van der Waals surface area contributed by atoms with Crippen LogP contribution in [0.2, 0.25) is 5.02 Å². The number of aromatic nitrogens is 3. The normalized spacial score (nSPS) is 12.1. The maximum absolute atomic E-state index is 12.0. The van der Waals surface area contributed by atoms with Crippen LogP contribution in [0.25, 0.3) is 33.7 Å². The maximum Gasteiger partial charge on any atom is 0.307 e. The van der Waals surface area contributed by atoms with Crippen LogP contribution in [0.3, 0.4) is 0 Å². The quantitative estimate of drug-likeness (QED) is 0.245. The summed E-state index contributed by atoms with van der Waals surface area (Å²) in [6.45, 7) is 11.2. The van der Waals surface area contributed by atoms with Gasteiger partial charge in [0.1, 0.15) is 5.60 Å². The largest absolute Gasteiger partial charge is 0.460 e. The first kappa shape index (κ1) is 25.9. The first-order valence-corrected chi connectivity index (χ1v) is 12.5. The van der Waals surface area contributed by atoms with Gasteiger partial charge in [0, 0.05) is 47.4 Å². The number of rotatable bonds is 8. The summed E-state index contributed by atoms with van der Waals surface area (Å²) in [5.41, 5.74) is 3.39. The lowest BCUT2D eigenvalue weighted by Gasteiger charge is -2.21. The summed E-state index contributed by atoms with van der Waals surface area (Å²) in [5, 5.41) is 5.87. The second-order valence-electron chi connectivity index (χ2n) is 10.4. The molecule has 4 rings (SSSR count). The molecule has 0 aliphatic heterocycles. The lowest BCUT2D eigenvalue weighted by Crippen LogP contribution is -2.27.